The highest BCUT2D eigenvalue weighted by Crippen LogP contribution is 2.54. The number of halogens is 4. The fourth-order valence-corrected chi connectivity index (χ4v) is 7.85. The predicted molar refractivity (Wildman–Crippen MR) is 168 cm³/mol. The van der Waals surface area contributed by atoms with Gasteiger partial charge in [-0.2, -0.15) is 0 Å². The third kappa shape index (κ3) is 5.42. The molecule has 1 aromatic carbocycles. The molecule has 2 saturated heterocycles. The molecule has 3 aliphatic heterocycles. The molecule has 5 heterocycles. The summed E-state index contributed by atoms with van der Waals surface area (Å²) in [4.78, 5) is 23.2. The molecule has 3 atom stereocenters. The van der Waals surface area contributed by atoms with E-state index in [-0.39, 0.29) is 17.0 Å². The monoisotopic (exact) mass is 658 g/mol. The van der Waals surface area contributed by atoms with E-state index in [9.17, 15) is 13.6 Å². The van der Waals surface area contributed by atoms with Gasteiger partial charge in [-0.3, -0.25) is 14.7 Å². The number of carbonyl (C=O) groups is 1. The molecule has 3 aromatic rings. The van der Waals surface area contributed by atoms with Crippen LogP contribution in [-0.4, -0.2) is 67.2 Å². The highest BCUT2D eigenvalue weighted by Gasteiger charge is 2.54. The van der Waals surface area contributed by atoms with E-state index < -0.39 is 46.5 Å². The number of hydrogen-bond acceptors (Lipinski definition) is 6. The Morgan fingerprint density at radius 1 is 1.02 bits per heavy atom. The third-order valence-electron chi connectivity index (χ3n) is 10.4. The standard InChI is InChI=1S/C34H42ClF3N6O2/c1-19-25(35)16-23-29(40-19)34(46-30(23)33(6,7)44-18-39-41-20(44)2)11-14-42(15-12-34)31(45)22-10-13-43(32(3,4)5)17-24(22)21-8-9-26(36)28(38)27(21)37/h8-9,16,18,22,24,30H,10-15,17H2,1-7H3/t22?,24-,30+/m0/s1. The van der Waals surface area contributed by atoms with Crippen molar-refractivity contribution in [1.29, 1.82) is 0 Å². The molecule has 1 unspecified atom stereocenters. The number of benzene rings is 1. The quantitative estimate of drug-likeness (QED) is 0.295. The molecule has 12 heteroatoms. The Morgan fingerprint density at radius 2 is 1.72 bits per heavy atom. The number of hydrogen-bond donors (Lipinski definition) is 0. The van der Waals surface area contributed by atoms with Gasteiger partial charge in [0.1, 0.15) is 23.9 Å². The zero-order valence-electron chi connectivity index (χ0n) is 27.5. The van der Waals surface area contributed by atoms with Crippen LogP contribution in [0.3, 0.4) is 0 Å². The number of amides is 1. The first-order valence-electron chi connectivity index (χ1n) is 15.9. The molecule has 0 radical (unpaired) electrons. The van der Waals surface area contributed by atoms with Crippen LogP contribution in [0.25, 0.3) is 0 Å². The van der Waals surface area contributed by atoms with E-state index in [1.165, 1.54) is 6.07 Å². The summed E-state index contributed by atoms with van der Waals surface area (Å²) in [6, 6.07) is 4.19. The number of pyridine rings is 1. The predicted octanol–water partition coefficient (Wildman–Crippen LogP) is 6.59. The number of fused-ring (bicyclic) bond motifs is 2. The molecule has 0 bridgehead atoms. The van der Waals surface area contributed by atoms with Crippen molar-refractivity contribution in [2.75, 3.05) is 26.2 Å². The molecule has 0 saturated carbocycles. The van der Waals surface area contributed by atoms with Crippen LogP contribution >= 0.6 is 11.6 Å². The van der Waals surface area contributed by atoms with Crippen LogP contribution in [0, 0.1) is 37.2 Å². The molecule has 1 amide bonds. The zero-order chi connectivity index (χ0) is 33.3. The average molecular weight is 659 g/mol. The summed E-state index contributed by atoms with van der Waals surface area (Å²) < 4.78 is 52.5. The second-order valence-corrected chi connectivity index (χ2v) is 15.0. The van der Waals surface area contributed by atoms with Crippen LogP contribution in [-0.2, 0) is 20.7 Å². The van der Waals surface area contributed by atoms with Crippen LogP contribution in [0.2, 0.25) is 5.02 Å². The van der Waals surface area contributed by atoms with Crippen LogP contribution < -0.4 is 0 Å². The highest BCUT2D eigenvalue weighted by molar-refractivity contribution is 6.31. The second-order valence-electron chi connectivity index (χ2n) is 14.6. The number of piperidine rings is 2. The second kappa shape index (κ2) is 11.6. The number of aromatic nitrogens is 4. The van der Waals surface area contributed by atoms with Crippen LogP contribution in [0.15, 0.2) is 24.5 Å². The molecule has 2 fully saturated rings. The molecule has 2 aromatic heterocycles. The Balaban J connectivity index is 1.28. The lowest BCUT2D eigenvalue weighted by atomic mass is 9.77. The van der Waals surface area contributed by atoms with Crippen molar-refractivity contribution in [2.45, 2.75) is 96.4 Å². The molecular formula is C34H42ClF3N6O2. The minimum atomic E-state index is -1.50. The van der Waals surface area contributed by atoms with Gasteiger partial charge in [-0.1, -0.05) is 17.7 Å². The van der Waals surface area contributed by atoms with Crippen LogP contribution in [0.1, 0.15) is 94.2 Å². The first kappa shape index (κ1) is 32.9. The molecule has 46 heavy (non-hydrogen) atoms. The van der Waals surface area contributed by atoms with Crippen molar-refractivity contribution in [1.82, 2.24) is 29.5 Å². The van der Waals surface area contributed by atoms with E-state index in [0.29, 0.717) is 56.2 Å². The van der Waals surface area contributed by atoms with Gasteiger partial charge < -0.3 is 14.2 Å². The van der Waals surface area contributed by atoms with E-state index in [1.54, 1.807) is 6.33 Å². The molecule has 8 nitrogen and oxygen atoms in total. The van der Waals surface area contributed by atoms with Crippen LogP contribution in [0.5, 0.6) is 0 Å². The zero-order valence-corrected chi connectivity index (χ0v) is 28.3. The molecule has 1 spiro atoms. The normalized spacial score (nSPS) is 23.6. The van der Waals surface area contributed by atoms with E-state index in [4.69, 9.17) is 21.3 Å². The average Bonchev–Trinajstić information content (AvgIpc) is 3.58. The van der Waals surface area contributed by atoms with Gasteiger partial charge >= 0.3 is 0 Å². The van der Waals surface area contributed by atoms with Crippen molar-refractivity contribution in [3.8, 4) is 0 Å². The summed E-state index contributed by atoms with van der Waals surface area (Å²) >= 11 is 6.60. The number of likely N-dealkylation sites (tertiary alicyclic amines) is 2. The molecular weight excluding hydrogens is 617 g/mol. The summed E-state index contributed by atoms with van der Waals surface area (Å²) in [6.07, 6.45) is 2.81. The number of nitrogens with zero attached hydrogens (tertiary/aromatic N) is 6. The van der Waals surface area contributed by atoms with Crippen molar-refractivity contribution in [3.63, 3.8) is 0 Å². The van der Waals surface area contributed by atoms with Gasteiger partial charge in [-0.15, -0.1) is 10.2 Å². The van der Waals surface area contributed by atoms with E-state index in [2.05, 4.69) is 49.7 Å². The molecule has 0 aliphatic carbocycles. The summed E-state index contributed by atoms with van der Waals surface area (Å²) in [5.41, 5.74) is 0.966. The highest BCUT2D eigenvalue weighted by atomic mass is 35.5. The Kier molecular flexibility index (Phi) is 8.29. The summed E-state index contributed by atoms with van der Waals surface area (Å²) in [7, 11) is 0. The van der Waals surface area contributed by atoms with Gasteiger partial charge in [0, 0.05) is 42.6 Å². The third-order valence-corrected chi connectivity index (χ3v) is 10.8. The Bertz CT molecular complexity index is 1660. The fraction of sp³-hybridized carbons (Fsp3) is 0.588. The number of aryl methyl sites for hydroxylation is 2. The van der Waals surface area contributed by atoms with Gasteiger partial charge in [0.25, 0.3) is 0 Å². The molecule has 248 valence electrons. The Labute approximate surface area is 273 Å². The summed E-state index contributed by atoms with van der Waals surface area (Å²) in [5, 5.41) is 8.84. The van der Waals surface area contributed by atoms with E-state index >= 15 is 4.39 Å². The maximum atomic E-state index is 15.2. The number of carbonyl (C=O) groups excluding carboxylic acids is 1. The van der Waals surface area contributed by atoms with E-state index in [1.807, 2.05) is 29.4 Å². The first-order chi connectivity index (χ1) is 21.5. The lowest BCUT2D eigenvalue weighted by Gasteiger charge is -2.47. The van der Waals surface area contributed by atoms with Gasteiger partial charge in [-0.25, -0.2) is 13.2 Å². The Morgan fingerprint density at radius 3 is 2.35 bits per heavy atom. The Hall–Kier alpha value is -3.02. The smallest absolute Gasteiger partial charge is 0.226 e. The minimum absolute atomic E-state index is 0.0404. The number of ether oxygens (including phenoxy) is 1. The van der Waals surface area contributed by atoms with E-state index in [0.717, 1.165) is 23.1 Å². The largest absolute Gasteiger partial charge is 0.358 e. The van der Waals surface area contributed by atoms with Gasteiger partial charge in [0.2, 0.25) is 5.91 Å². The van der Waals surface area contributed by atoms with Crippen molar-refractivity contribution in [3.05, 3.63) is 75.3 Å². The SMILES string of the molecule is Cc1nc2c(cc1Cl)[C@H](C(C)(C)n1cnnc1C)OC21CCN(C(=O)C2CCN(C(C)(C)C)C[C@H]2c2ccc(F)c(F)c2F)CC1. The van der Waals surface area contributed by atoms with Crippen LogP contribution in [0.4, 0.5) is 13.2 Å². The van der Waals surface area contributed by atoms with Gasteiger partial charge in [-0.05, 0) is 92.0 Å². The molecule has 0 N–H and O–H groups in total. The van der Waals surface area contributed by atoms with Gasteiger partial charge in [0.15, 0.2) is 17.5 Å². The molecule has 3 aliphatic rings. The minimum Gasteiger partial charge on any atom is -0.358 e. The van der Waals surface area contributed by atoms with Gasteiger partial charge in [0.05, 0.1) is 21.9 Å². The lowest BCUT2D eigenvalue weighted by molar-refractivity contribution is -0.157. The molecule has 6 rings (SSSR count). The summed E-state index contributed by atoms with van der Waals surface area (Å²) in [5.74, 6) is -4.51. The van der Waals surface area contributed by atoms with Crippen molar-refractivity contribution >= 4 is 17.5 Å². The number of rotatable bonds is 4. The topological polar surface area (TPSA) is 76.4 Å². The lowest BCUT2D eigenvalue weighted by Crippen LogP contribution is -2.54. The van der Waals surface area contributed by atoms with Crippen molar-refractivity contribution in [2.24, 2.45) is 5.92 Å². The maximum Gasteiger partial charge on any atom is 0.226 e. The summed E-state index contributed by atoms with van der Waals surface area (Å²) in [6.45, 7) is 15.9. The maximum absolute atomic E-state index is 15.2. The fourth-order valence-electron chi connectivity index (χ4n) is 7.69. The first-order valence-corrected chi connectivity index (χ1v) is 16.3. The van der Waals surface area contributed by atoms with Crippen molar-refractivity contribution < 1.29 is 22.7 Å².